The van der Waals surface area contributed by atoms with E-state index in [2.05, 4.69) is 22.4 Å². The molecule has 5 nitrogen and oxygen atoms in total. The van der Waals surface area contributed by atoms with Gasteiger partial charge in [0.2, 0.25) is 0 Å². The van der Waals surface area contributed by atoms with E-state index >= 15 is 0 Å². The highest BCUT2D eigenvalue weighted by Crippen LogP contribution is 2.45. The maximum Gasteiger partial charge on any atom is 0.337 e. The molecular weight excluding hydrogens is 412 g/mol. The van der Waals surface area contributed by atoms with E-state index in [4.69, 9.17) is 4.74 Å². The number of nitrogens with zero attached hydrogens (tertiary/aromatic N) is 1. The minimum atomic E-state index is -0.497. The van der Waals surface area contributed by atoms with Gasteiger partial charge in [-0.2, -0.15) is 0 Å². The van der Waals surface area contributed by atoms with Crippen molar-refractivity contribution in [2.75, 3.05) is 0 Å². The molecule has 0 bridgehead atoms. The maximum absolute atomic E-state index is 13.6. The standard InChI is InChI=1S/C28H30N2O3/c1-18-25(28(32)33-21-12-6-3-7-13-21)27(22-14-8-9-15-29-22)26-23(30-18)16-20(17-24(26)31)19-10-4-2-5-11-19/h2,4-5,8-11,14-15,20-21,27,30H,3,6-7,12-13,16-17H2,1H3/t20-,27-/m1/s1. The molecule has 1 aromatic carbocycles. The lowest BCUT2D eigenvalue weighted by Gasteiger charge is -2.36. The molecule has 2 aliphatic carbocycles. The number of dihydropyridines is 1. The number of Topliss-reactive ketones (excluding diaryl/α,β-unsaturated/α-hetero) is 1. The van der Waals surface area contributed by atoms with Gasteiger partial charge >= 0.3 is 5.97 Å². The van der Waals surface area contributed by atoms with E-state index in [1.165, 1.54) is 6.42 Å². The van der Waals surface area contributed by atoms with Gasteiger partial charge in [-0.05, 0) is 62.6 Å². The Morgan fingerprint density at radius 1 is 1.00 bits per heavy atom. The third-order valence-corrected chi connectivity index (χ3v) is 7.13. The molecule has 1 N–H and O–H groups in total. The Labute approximate surface area is 195 Å². The number of nitrogens with one attached hydrogen (secondary N) is 1. The average molecular weight is 443 g/mol. The SMILES string of the molecule is CC1=C(C(=O)OC2CCCCC2)[C@@H](c2ccccn2)C2=C(C[C@@H](c3ccccc3)CC2=O)N1. The van der Waals surface area contributed by atoms with E-state index in [1.807, 2.05) is 43.3 Å². The van der Waals surface area contributed by atoms with Crippen molar-refractivity contribution >= 4 is 11.8 Å². The van der Waals surface area contributed by atoms with Gasteiger partial charge in [0.05, 0.1) is 17.2 Å². The molecule has 2 heterocycles. The lowest BCUT2D eigenvalue weighted by Crippen LogP contribution is -2.37. The number of rotatable bonds is 4. The Bertz CT molecular complexity index is 1100. The van der Waals surface area contributed by atoms with Gasteiger partial charge in [-0.15, -0.1) is 0 Å². The van der Waals surface area contributed by atoms with Crippen LogP contribution < -0.4 is 5.32 Å². The number of carbonyl (C=O) groups is 2. The average Bonchev–Trinajstić information content (AvgIpc) is 2.84. The normalized spacial score (nSPS) is 23.7. The Hall–Kier alpha value is -3.21. The molecule has 33 heavy (non-hydrogen) atoms. The summed E-state index contributed by atoms with van der Waals surface area (Å²) in [5, 5.41) is 3.43. The number of aromatic nitrogens is 1. The van der Waals surface area contributed by atoms with Crippen molar-refractivity contribution in [2.24, 2.45) is 0 Å². The number of pyridine rings is 1. The number of hydrogen-bond acceptors (Lipinski definition) is 5. The van der Waals surface area contributed by atoms with E-state index in [0.717, 1.165) is 49.1 Å². The molecule has 5 rings (SSSR count). The van der Waals surface area contributed by atoms with Crippen molar-refractivity contribution < 1.29 is 14.3 Å². The van der Waals surface area contributed by atoms with Crippen molar-refractivity contribution in [1.29, 1.82) is 0 Å². The highest BCUT2D eigenvalue weighted by molar-refractivity contribution is 6.04. The van der Waals surface area contributed by atoms with Crippen LogP contribution in [0.25, 0.3) is 0 Å². The van der Waals surface area contributed by atoms with Gasteiger partial charge in [0.25, 0.3) is 0 Å². The van der Waals surface area contributed by atoms with Gasteiger partial charge in [-0.25, -0.2) is 4.79 Å². The van der Waals surface area contributed by atoms with Crippen molar-refractivity contribution in [2.45, 2.75) is 69.8 Å². The Balaban J connectivity index is 1.51. The fraction of sp³-hybridized carbons (Fsp3) is 0.393. The Morgan fingerprint density at radius 3 is 2.48 bits per heavy atom. The van der Waals surface area contributed by atoms with Crippen LogP contribution in [0.3, 0.4) is 0 Å². The molecular formula is C28H30N2O3. The van der Waals surface area contributed by atoms with Crippen molar-refractivity contribution in [3.05, 3.63) is 88.5 Å². The third-order valence-electron chi connectivity index (χ3n) is 7.13. The molecule has 0 unspecified atom stereocenters. The predicted octanol–water partition coefficient (Wildman–Crippen LogP) is 5.32. The van der Waals surface area contributed by atoms with Gasteiger partial charge in [-0.3, -0.25) is 9.78 Å². The number of benzene rings is 1. The third kappa shape index (κ3) is 4.37. The van der Waals surface area contributed by atoms with Crippen LogP contribution in [0.1, 0.15) is 75.0 Å². The van der Waals surface area contributed by atoms with Crippen LogP contribution in [0, 0.1) is 0 Å². The first kappa shape index (κ1) is 21.6. The molecule has 0 saturated heterocycles. The number of ketones is 1. The van der Waals surface area contributed by atoms with Gasteiger partial charge in [0, 0.05) is 29.6 Å². The molecule has 170 valence electrons. The molecule has 1 saturated carbocycles. The minimum Gasteiger partial charge on any atom is -0.459 e. The van der Waals surface area contributed by atoms with E-state index in [1.54, 1.807) is 6.20 Å². The summed E-state index contributed by atoms with van der Waals surface area (Å²) < 4.78 is 5.96. The molecule has 2 aromatic rings. The minimum absolute atomic E-state index is 0.0455. The lowest BCUT2D eigenvalue weighted by molar-refractivity contribution is -0.146. The first-order chi connectivity index (χ1) is 16.1. The number of carbonyl (C=O) groups excluding carboxylic acids is 2. The molecule has 0 spiro atoms. The summed E-state index contributed by atoms with van der Waals surface area (Å²) in [6.45, 7) is 1.91. The second kappa shape index (κ2) is 9.34. The van der Waals surface area contributed by atoms with E-state index < -0.39 is 5.92 Å². The smallest absolute Gasteiger partial charge is 0.337 e. The summed E-state index contributed by atoms with van der Waals surface area (Å²) in [4.78, 5) is 31.6. The van der Waals surface area contributed by atoms with Gasteiger partial charge in [0.1, 0.15) is 6.10 Å². The van der Waals surface area contributed by atoms with Gasteiger partial charge in [-0.1, -0.05) is 42.8 Å². The second-order valence-electron chi connectivity index (χ2n) is 9.35. The zero-order valence-electron chi connectivity index (χ0n) is 19.0. The topological polar surface area (TPSA) is 68.3 Å². The summed E-state index contributed by atoms with van der Waals surface area (Å²) in [7, 11) is 0. The van der Waals surface area contributed by atoms with Crippen LogP contribution in [-0.4, -0.2) is 22.8 Å². The highest BCUT2D eigenvalue weighted by atomic mass is 16.5. The summed E-state index contributed by atoms with van der Waals surface area (Å²) in [6, 6.07) is 15.8. The number of hydrogen-bond donors (Lipinski definition) is 1. The fourth-order valence-corrected chi connectivity index (χ4v) is 5.51. The first-order valence-corrected chi connectivity index (χ1v) is 12.0. The van der Waals surface area contributed by atoms with Crippen LogP contribution in [0.2, 0.25) is 0 Å². The Kier molecular flexibility index (Phi) is 6.12. The van der Waals surface area contributed by atoms with Crippen molar-refractivity contribution in [3.8, 4) is 0 Å². The van der Waals surface area contributed by atoms with Crippen LogP contribution in [0.4, 0.5) is 0 Å². The highest BCUT2D eigenvalue weighted by Gasteiger charge is 2.42. The molecule has 1 aliphatic heterocycles. The molecule has 1 aromatic heterocycles. The molecule has 1 fully saturated rings. The van der Waals surface area contributed by atoms with Gasteiger partial charge in [0.15, 0.2) is 5.78 Å². The maximum atomic E-state index is 13.6. The van der Waals surface area contributed by atoms with E-state index in [0.29, 0.717) is 23.3 Å². The monoisotopic (exact) mass is 442 g/mol. The number of esters is 1. The van der Waals surface area contributed by atoms with Crippen molar-refractivity contribution in [1.82, 2.24) is 10.3 Å². The van der Waals surface area contributed by atoms with Crippen LogP contribution >= 0.6 is 0 Å². The Morgan fingerprint density at radius 2 is 1.76 bits per heavy atom. The summed E-state index contributed by atoms with van der Waals surface area (Å²) in [6.07, 6.45) is 8.03. The molecule has 0 amide bonds. The zero-order chi connectivity index (χ0) is 22.8. The lowest BCUT2D eigenvalue weighted by atomic mass is 9.73. The van der Waals surface area contributed by atoms with Crippen LogP contribution in [0.5, 0.6) is 0 Å². The molecule has 0 radical (unpaired) electrons. The summed E-state index contributed by atoms with van der Waals surface area (Å²) in [5.41, 5.74) is 4.73. The second-order valence-corrected chi connectivity index (χ2v) is 9.35. The van der Waals surface area contributed by atoms with E-state index in [9.17, 15) is 9.59 Å². The van der Waals surface area contributed by atoms with Crippen LogP contribution in [-0.2, 0) is 14.3 Å². The molecule has 2 atom stereocenters. The molecule has 3 aliphatic rings. The predicted molar refractivity (Wildman–Crippen MR) is 126 cm³/mol. The molecule has 5 heteroatoms. The number of ether oxygens (including phenoxy) is 1. The number of allylic oxidation sites excluding steroid dienone is 3. The zero-order valence-corrected chi connectivity index (χ0v) is 19.0. The fourth-order valence-electron chi connectivity index (χ4n) is 5.51. The first-order valence-electron chi connectivity index (χ1n) is 12.0. The largest absolute Gasteiger partial charge is 0.459 e. The summed E-state index contributed by atoms with van der Waals surface area (Å²) in [5.74, 6) is -0.628. The quantitative estimate of drug-likeness (QED) is 0.649. The van der Waals surface area contributed by atoms with Gasteiger partial charge < -0.3 is 10.1 Å². The summed E-state index contributed by atoms with van der Waals surface area (Å²) >= 11 is 0. The van der Waals surface area contributed by atoms with Crippen molar-refractivity contribution in [3.63, 3.8) is 0 Å². The van der Waals surface area contributed by atoms with Crippen LogP contribution in [0.15, 0.2) is 77.3 Å². The van der Waals surface area contributed by atoms with E-state index in [-0.39, 0.29) is 23.8 Å².